The van der Waals surface area contributed by atoms with Crippen molar-refractivity contribution in [3.63, 3.8) is 0 Å². The van der Waals surface area contributed by atoms with Gasteiger partial charge >= 0.3 is 0 Å². The molecule has 0 radical (unpaired) electrons. The molecular formula is C13H18N4O2. The molecule has 0 bridgehead atoms. The van der Waals surface area contributed by atoms with E-state index >= 15 is 0 Å². The third-order valence-electron chi connectivity index (χ3n) is 3.82. The molecule has 0 spiro atoms. The van der Waals surface area contributed by atoms with Gasteiger partial charge in [-0.1, -0.05) is 0 Å². The van der Waals surface area contributed by atoms with E-state index in [-0.39, 0.29) is 5.54 Å². The predicted molar refractivity (Wildman–Crippen MR) is 72.2 cm³/mol. The zero-order chi connectivity index (χ0) is 13.5. The summed E-state index contributed by atoms with van der Waals surface area (Å²) in [4.78, 5) is 8.88. The van der Waals surface area contributed by atoms with Crippen molar-refractivity contribution in [2.24, 2.45) is 0 Å². The molecule has 1 aliphatic rings. The van der Waals surface area contributed by atoms with Crippen LogP contribution in [0.4, 0.5) is 5.95 Å². The lowest BCUT2D eigenvalue weighted by atomic mass is 9.92. The van der Waals surface area contributed by atoms with Gasteiger partial charge in [-0.2, -0.15) is 4.98 Å². The van der Waals surface area contributed by atoms with Gasteiger partial charge in [-0.3, -0.25) is 4.57 Å². The number of imidazole rings is 1. The number of hydrogen-bond acceptors (Lipinski definition) is 5. The molecule has 0 atom stereocenters. The molecule has 0 saturated carbocycles. The van der Waals surface area contributed by atoms with Crippen LogP contribution in [0.1, 0.15) is 19.8 Å². The first kappa shape index (κ1) is 12.2. The Morgan fingerprint density at radius 3 is 2.74 bits per heavy atom. The van der Waals surface area contributed by atoms with Gasteiger partial charge in [0.2, 0.25) is 11.8 Å². The zero-order valence-corrected chi connectivity index (χ0v) is 11.2. The van der Waals surface area contributed by atoms with Gasteiger partial charge in [0.05, 0.1) is 12.6 Å². The van der Waals surface area contributed by atoms with Gasteiger partial charge in [-0.05, 0) is 25.8 Å². The summed E-state index contributed by atoms with van der Waals surface area (Å²) >= 11 is 0. The number of nitrogen functional groups attached to an aromatic ring is 1. The van der Waals surface area contributed by atoms with Crippen molar-refractivity contribution < 1.29 is 9.47 Å². The number of ether oxygens (including phenoxy) is 2. The minimum absolute atomic E-state index is 0.101. The van der Waals surface area contributed by atoms with Crippen LogP contribution in [-0.4, -0.2) is 34.9 Å². The lowest BCUT2D eigenvalue weighted by molar-refractivity contribution is 0.0318. The van der Waals surface area contributed by atoms with Crippen molar-refractivity contribution in [3.05, 3.63) is 12.1 Å². The molecule has 1 saturated heterocycles. The first-order valence-electron chi connectivity index (χ1n) is 6.41. The third kappa shape index (κ3) is 1.92. The molecule has 0 unspecified atom stereocenters. The van der Waals surface area contributed by atoms with Gasteiger partial charge in [0, 0.05) is 19.3 Å². The molecule has 0 aliphatic carbocycles. The number of hydrogen-bond donors (Lipinski definition) is 1. The number of nitrogens with two attached hydrogens (primary N) is 1. The van der Waals surface area contributed by atoms with E-state index in [4.69, 9.17) is 15.2 Å². The summed E-state index contributed by atoms with van der Waals surface area (Å²) in [5.74, 6) is 1.07. The Morgan fingerprint density at radius 1 is 1.32 bits per heavy atom. The van der Waals surface area contributed by atoms with E-state index in [1.165, 1.54) is 0 Å². The Hall–Kier alpha value is -1.82. The number of anilines is 1. The summed E-state index contributed by atoms with van der Waals surface area (Å²) in [5.41, 5.74) is 7.57. The Morgan fingerprint density at radius 2 is 2.05 bits per heavy atom. The van der Waals surface area contributed by atoms with Gasteiger partial charge in [-0.25, -0.2) is 4.98 Å². The molecule has 3 heterocycles. The minimum atomic E-state index is -0.101. The molecule has 2 aromatic rings. The van der Waals surface area contributed by atoms with Gasteiger partial charge in [-0.15, -0.1) is 0 Å². The molecule has 2 aromatic heterocycles. The zero-order valence-electron chi connectivity index (χ0n) is 11.2. The van der Waals surface area contributed by atoms with E-state index in [1.807, 2.05) is 10.6 Å². The Labute approximate surface area is 111 Å². The minimum Gasteiger partial charge on any atom is -0.481 e. The first-order chi connectivity index (χ1) is 9.14. The van der Waals surface area contributed by atoms with Crippen LogP contribution in [0.15, 0.2) is 12.1 Å². The van der Waals surface area contributed by atoms with E-state index in [1.54, 1.807) is 13.2 Å². The number of aromatic nitrogens is 3. The van der Waals surface area contributed by atoms with Crippen LogP contribution in [-0.2, 0) is 10.3 Å². The second kappa shape index (κ2) is 4.38. The highest BCUT2D eigenvalue weighted by Gasteiger charge is 2.33. The second-order valence-corrected chi connectivity index (χ2v) is 5.11. The molecule has 1 fully saturated rings. The van der Waals surface area contributed by atoms with E-state index in [2.05, 4.69) is 16.9 Å². The molecular weight excluding hydrogens is 244 g/mol. The Bertz CT molecular complexity index is 602. The maximum atomic E-state index is 6.09. The number of rotatable bonds is 2. The van der Waals surface area contributed by atoms with Crippen molar-refractivity contribution >= 4 is 17.1 Å². The number of pyridine rings is 1. The monoisotopic (exact) mass is 262 g/mol. The fourth-order valence-corrected chi connectivity index (χ4v) is 2.64. The second-order valence-electron chi connectivity index (χ2n) is 5.11. The van der Waals surface area contributed by atoms with Crippen LogP contribution in [0.3, 0.4) is 0 Å². The summed E-state index contributed by atoms with van der Waals surface area (Å²) in [6, 6.07) is 3.68. The predicted octanol–water partition coefficient (Wildman–Crippen LogP) is 1.55. The SMILES string of the molecule is COc1ccc2nc(N)n(C3(C)CCOCC3)c2n1. The van der Waals surface area contributed by atoms with Crippen LogP contribution in [0.5, 0.6) is 5.88 Å². The summed E-state index contributed by atoms with van der Waals surface area (Å²) in [5, 5.41) is 0. The highest BCUT2D eigenvalue weighted by atomic mass is 16.5. The molecule has 0 aromatic carbocycles. The lowest BCUT2D eigenvalue weighted by Gasteiger charge is -2.35. The van der Waals surface area contributed by atoms with Crippen LogP contribution in [0, 0.1) is 0 Å². The third-order valence-corrected chi connectivity index (χ3v) is 3.82. The summed E-state index contributed by atoms with van der Waals surface area (Å²) in [7, 11) is 1.61. The van der Waals surface area contributed by atoms with Gasteiger partial charge in [0.1, 0.15) is 5.52 Å². The maximum Gasteiger partial charge on any atom is 0.215 e. The van der Waals surface area contributed by atoms with E-state index < -0.39 is 0 Å². The number of nitrogens with zero attached hydrogens (tertiary/aromatic N) is 3. The highest BCUT2D eigenvalue weighted by Crippen LogP contribution is 2.34. The average Bonchev–Trinajstić information content (AvgIpc) is 2.74. The molecule has 6 heteroatoms. The van der Waals surface area contributed by atoms with Gasteiger partial charge < -0.3 is 15.2 Å². The maximum absolute atomic E-state index is 6.09. The topological polar surface area (TPSA) is 75.2 Å². The molecule has 2 N–H and O–H groups in total. The number of fused-ring (bicyclic) bond motifs is 1. The van der Waals surface area contributed by atoms with Crippen LogP contribution in [0.25, 0.3) is 11.2 Å². The molecule has 6 nitrogen and oxygen atoms in total. The van der Waals surface area contributed by atoms with Gasteiger partial charge in [0.15, 0.2) is 5.65 Å². The summed E-state index contributed by atoms with van der Waals surface area (Å²) in [6.45, 7) is 3.65. The van der Waals surface area contributed by atoms with Crippen molar-refractivity contribution in [1.82, 2.24) is 14.5 Å². The van der Waals surface area contributed by atoms with Crippen LogP contribution < -0.4 is 10.5 Å². The van der Waals surface area contributed by atoms with Crippen molar-refractivity contribution in [1.29, 1.82) is 0 Å². The van der Waals surface area contributed by atoms with Crippen molar-refractivity contribution in [3.8, 4) is 5.88 Å². The molecule has 1 aliphatic heterocycles. The van der Waals surface area contributed by atoms with Crippen molar-refractivity contribution in [2.75, 3.05) is 26.1 Å². The quantitative estimate of drug-likeness (QED) is 0.888. The molecule has 102 valence electrons. The molecule has 19 heavy (non-hydrogen) atoms. The van der Waals surface area contributed by atoms with Crippen molar-refractivity contribution in [2.45, 2.75) is 25.3 Å². The highest BCUT2D eigenvalue weighted by molar-refractivity contribution is 5.75. The summed E-state index contributed by atoms with van der Waals surface area (Å²) < 4.78 is 12.7. The van der Waals surface area contributed by atoms with E-state index in [9.17, 15) is 0 Å². The average molecular weight is 262 g/mol. The Balaban J connectivity index is 2.18. The van der Waals surface area contributed by atoms with E-state index in [0.29, 0.717) is 11.8 Å². The van der Waals surface area contributed by atoms with E-state index in [0.717, 1.165) is 37.2 Å². The summed E-state index contributed by atoms with van der Waals surface area (Å²) in [6.07, 6.45) is 1.81. The van der Waals surface area contributed by atoms with Crippen LogP contribution in [0.2, 0.25) is 0 Å². The standard InChI is InChI=1S/C13H18N4O2/c1-13(5-7-19-8-6-13)17-11-9(15-12(17)14)3-4-10(16-11)18-2/h3-4H,5-8H2,1-2H3,(H2,14,15). The smallest absolute Gasteiger partial charge is 0.215 e. The molecule has 3 rings (SSSR count). The van der Waals surface area contributed by atoms with Crippen LogP contribution >= 0.6 is 0 Å². The fourth-order valence-electron chi connectivity index (χ4n) is 2.64. The van der Waals surface area contributed by atoms with Gasteiger partial charge in [0.25, 0.3) is 0 Å². The normalized spacial score (nSPS) is 18.6. The number of methoxy groups -OCH3 is 1. The fraction of sp³-hybridized carbons (Fsp3) is 0.538. The Kier molecular flexibility index (Phi) is 2.82. The largest absolute Gasteiger partial charge is 0.481 e. The molecule has 0 amide bonds. The first-order valence-corrected chi connectivity index (χ1v) is 6.41. The lowest BCUT2D eigenvalue weighted by Crippen LogP contribution is -2.37.